The first kappa shape index (κ1) is 25.5. The SMILES string of the molecule is O=C(NCC(=O)N1CC[C@H]2[C@@H]1CCN2C1CCC(Oc2cccnc2)CC1)c1cccc(C(F)(F)F)c1. The maximum absolute atomic E-state index is 12.9. The minimum absolute atomic E-state index is 0.113. The lowest BCUT2D eigenvalue weighted by atomic mass is 9.91. The zero-order valence-corrected chi connectivity index (χ0v) is 20.5. The number of benzene rings is 1. The number of pyridine rings is 1. The molecule has 2 aliphatic heterocycles. The van der Waals surface area contributed by atoms with Crippen molar-refractivity contribution in [3.05, 3.63) is 59.9 Å². The molecule has 0 unspecified atom stereocenters. The van der Waals surface area contributed by atoms with Crippen molar-refractivity contribution in [3.63, 3.8) is 0 Å². The summed E-state index contributed by atoms with van der Waals surface area (Å²) in [6.45, 7) is 1.34. The lowest BCUT2D eigenvalue weighted by Crippen LogP contribution is -2.46. The fourth-order valence-electron chi connectivity index (χ4n) is 6.08. The van der Waals surface area contributed by atoms with E-state index >= 15 is 0 Å². The Bertz CT molecular complexity index is 1110. The molecule has 3 aliphatic rings. The summed E-state index contributed by atoms with van der Waals surface area (Å²) in [7, 11) is 0. The van der Waals surface area contributed by atoms with E-state index in [-0.39, 0.29) is 30.2 Å². The van der Waals surface area contributed by atoms with Crippen LogP contribution in [-0.2, 0) is 11.0 Å². The second-order valence-corrected chi connectivity index (χ2v) is 10.0. The van der Waals surface area contributed by atoms with Crippen LogP contribution in [-0.4, -0.2) is 70.5 Å². The van der Waals surface area contributed by atoms with Gasteiger partial charge >= 0.3 is 6.18 Å². The standard InChI is InChI=1S/C27H31F3N4O3/c28-27(29,30)19-4-1-3-18(15-19)26(36)32-17-25(35)34-14-11-23-24(34)10-13-33(23)20-6-8-21(9-7-20)37-22-5-2-12-31-16-22/h1-5,12,15-16,20-21,23-24H,6-11,13-14,17H2,(H,32,36)/t20?,21?,23-,24-/m0/s1. The van der Waals surface area contributed by atoms with E-state index in [1.54, 1.807) is 12.4 Å². The summed E-state index contributed by atoms with van der Waals surface area (Å²) in [6.07, 6.45) is 4.99. The number of hydrogen-bond acceptors (Lipinski definition) is 5. The summed E-state index contributed by atoms with van der Waals surface area (Å²) >= 11 is 0. The number of likely N-dealkylation sites (tertiary alicyclic amines) is 2. The molecule has 1 aromatic carbocycles. The topological polar surface area (TPSA) is 74.8 Å². The van der Waals surface area contributed by atoms with E-state index in [4.69, 9.17) is 4.74 Å². The molecule has 0 bridgehead atoms. The minimum atomic E-state index is -4.53. The molecule has 0 spiro atoms. The Hall–Kier alpha value is -3.14. The average molecular weight is 517 g/mol. The molecule has 1 aromatic heterocycles. The molecule has 1 saturated carbocycles. The number of nitrogens with one attached hydrogen (secondary N) is 1. The van der Waals surface area contributed by atoms with Gasteiger partial charge in [0.25, 0.3) is 5.91 Å². The Kier molecular flexibility index (Phi) is 7.37. The highest BCUT2D eigenvalue weighted by atomic mass is 19.4. The van der Waals surface area contributed by atoms with Crippen LogP contribution < -0.4 is 10.1 Å². The second kappa shape index (κ2) is 10.7. The fraction of sp³-hybridized carbons (Fsp3) is 0.519. The maximum atomic E-state index is 12.9. The Labute approximate surface area is 214 Å². The predicted octanol–water partition coefficient (Wildman–Crippen LogP) is 3.90. The Morgan fingerprint density at radius 1 is 1.00 bits per heavy atom. The highest BCUT2D eigenvalue weighted by molar-refractivity contribution is 5.96. The number of alkyl halides is 3. The van der Waals surface area contributed by atoms with Crippen molar-refractivity contribution in [3.8, 4) is 5.75 Å². The minimum Gasteiger partial charge on any atom is -0.489 e. The van der Waals surface area contributed by atoms with Crippen molar-refractivity contribution in [2.24, 2.45) is 0 Å². The number of amides is 2. The molecule has 5 rings (SSSR count). The largest absolute Gasteiger partial charge is 0.489 e. The Morgan fingerprint density at radius 2 is 1.78 bits per heavy atom. The first-order valence-electron chi connectivity index (χ1n) is 12.9. The summed E-state index contributed by atoms with van der Waals surface area (Å²) in [4.78, 5) is 33.8. The van der Waals surface area contributed by atoms with E-state index in [1.807, 2.05) is 17.0 Å². The third-order valence-corrected chi connectivity index (χ3v) is 7.84. The van der Waals surface area contributed by atoms with Crippen molar-refractivity contribution in [1.29, 1.82) is 0 Å². The molecular weight excluding hydrogens is 485 g/mol. The molecule has 2 atom stereocenters. The van der Waals surface area contributed by atoms with Gasteiger partial charge in [-0.3, -0.25) is 19.5 Å². The molecule has 0 radical (unpaired) electrons. The summed E-state index contributed by atoms with van der Waals surface area (Å²) in [6, 6.07) is 8.91. The number of hydrogen-bond donors (Lipinski definition) is 1. The summed E-state index contributed by atoms with van der Waals surface area (Å²) in [5.41, 5.74) is -1.00. The number of carbonyl (C=O) groups is 2. The van der Waals surface area contributed by atoms with E-state index in [9.17, 15) is 22.8 Å². The van der Waals surface area contributed by atoms with Gasteiger partial charge in [0, 0.05) is 43.0 Å². The molecule has 2 saturated heterocycles. The average Bonchev–Trinajstić information content (AvgIpc) is 3.50. The molecule has 2 aromatic rings. The first-order chi connectivity index (χ1) is 17.8. The van der Waals surface area contributed by atoms with Crippen LogP contribution in [0.1, 0.15) is 54.4 Å². The van der Waals surface area contributed by atoms with E-state index in [1.165, 1.54) is 12.1 Å². The quantitative estimate of drug-likeness (QED) is 0.631. The number of fused-ring (bicyclic) bond motifs is 1. The number of halogens is 3. The molecule has 3 heterocycles. The van der Waals surface area contributed by atoms with Crippen LogP contribution in [0.15, 0.2) is 48.8 Å². The lowest BCUT2D eigenvalue weighted by Gasteiger charge is -2.37. The van der Waals surface area contributed by atoms with Gasteiger partial charge < -0.3 is 15.0 Å². The van der Waals surface area contributed by atoms with Gasteiger partial charge in [-0.15, -0.1) is 0 Å². The molecule has 2 amide bonds. The predicted molar refractivity (Wildman–Crippen MR) is 130 cm³/mol. The van der Waals surface area contributed by atoms with E-state index in [0.717, 1.165) is 63.0 Å². The first-order valence-corrected chi connectivity index (χ1v) is 12.9. The molecule has 10 heteroatoms. The summed E-state index contributed by atoms with van der Waals surface area (Å²) in [5.74, 6) is -0.0750. The monoisotopic (exact) mass is 516 g/mol. The van der Waals surface area contributed by atoms with Gasteiger partial charge in [-0.05, 0) is 68.9 Å². The fourth-order valence-corrected chi connectivity index (χ4v) is 6.08. The third-order valence-electron chi connectivity index (χ3n) is 7.84. The van der Waals surface area contributed by atoms with Crippen molar-refractivity contribution >= 4 is 11.8 Å². The third kappa shape index (κ3) is 5.74. The number of nitrogens with zero attached hydrogens (tertiary/aromatic N) is 3. The van der Waals surface area contributed by atoms with Crippen molar-refractivity contribution in [1.82, 2.24) is 20.1 Å². The Morgan fingerprint density at radius 3 is 2.51 bits per heavy atom. The zero-order chi connectivity index (χ0) is 26.0. The van der Waals surface area contributed by atoms with Gasteiger partial charge in [-0.2, -0.15) is 13.2 Å². The molecule has 7 nitrogen and oxygen atoms in total. The van der Waals surface area contributed by atoms with Gasteiger partial charge in [0.2, 0.25) is 5.91 Å². The molecule has 198 valence electrons. The highest BCUT2D eigenvalue weighted by Crippen LogP contribution is 2.37. The van der Waals surface area contributed by atoms with Gasteiger partial charge in [0.15, 0.2) is 0 Å². The molecule has 1 aliphatic carbocycles. The lowest BCUT2D eigenvalue weighted by molar-refractivity contribution is -0.137. The van der Waals surface area contributed by atoms with E-state index < -0.39 is 17.6 Å². The molecule has 3 fully saturated rings. The van der Waals surface area contributed by atoms with Crippen LogP contribution in [0.25, 0.3) is 0 Å². The summed E-state index contributed by atoms with van der Waals surface area (Å²) < 4.78 is 44.9. The number of ether oxygens (including phenoxy) is 1. The van der Waals surface area contributed by atoms with Crippen LogP contribution in [0.4, 0.5) is 13.2 Å². The van der Waals surface area contributed by atoms with Gasteiger partial charge in [0.1, 0.15) is 5.75 Å². The maximum Gasteiger partial charge on any atom is 0.416 e. The van der Waals surface area contributed by atoms with Crippen LogP contribution in [0, 0.1) is 0 Å². The number of aromatic nitrogens is 1. The van der Waals surface area contributed by atoms with Crippen LogP contribution in [0.5, 0.6) is 5.75 Å². The van der Waals surface area contributed by atoms with Crippen LogP contribution in [0.3, 0.4) is 0 Å². The molecule has 1 N–H and O–H groups in total. The second-order valence-electron chi connectivity index (χ2n) is 10.0. The van der Waals surface area contributed by atoms with Gasteiger partial charge in [-0.1, -0.05) is 6.07 Å². The highest BCUT2D eigenvalue weighted by Gasteiger charge is 2.46. The summed E-state index contributed by atoms with van der Waals surface area (Å²) in [5, 5.41) is 2.50. The van der Waals surface area contributed by atoms with Crippen molar-refractivity contribution < 1.29 is 27.5 Å². The van der Waals surface area contributed by atoms with Crippen molar-refractivity contribution in [2.45, 2.75) is 68.9 Å². The van der Waals surface area contributed by atoms with E-state index in [0.29, 0.717) is 18.6 Å². The van der Waals surface area contributed by atoms with Crippen molar-refractivity contribution in [2.75, 3.05) is 19.6 Å². The van der Waals surface area contributed by atoms with E-state index in [2.05, 4.69) is 15.2 Å². The molecule has 37 heavy (non-hydrogen) atoms. The number of carbonyl (C=O) groups excluding carboxylic acids is 2. The number of rotatable bonds is 6. The normalized spacial score (nSPS) is 26.1. The van der Waals surface area contributed by atoms with Gasteiger partial charge in [-0.25, -0.2) is 0 Å². The van der Waals surface area contributed by atoms with Gasteiger partial charge in [0.05, 0.1) is 24.4 Å². The van der Waals surface area contributed by atoms with Crippen LogP contribution >= 0.6 is 0 Å². The van der Waals surface area contributed by atoms with Crippen LogP contribution in [0.2, 0.25) is 0 Å². The Balaban J connectivity index is 1.10. The molecular formula is C27H31F3N4O3. The zero-order valence-electron chi connectivity index (χ0n) is 20.5. The smallest absolute Gasteiger partial charge is 0.416 e.